The third-order valence-electron chi connectivity index (χ3n) is 17.2. The van der Waals surface area contributed by atoms with Crippen molar-refractivity contribution in [1.82, 2.24) is 51.7 Å². The van der Waals surface area contributed by atoms with Crippen molar-refractivity contribution in [2.75, 3.05) is 65.7 Å². The van der Waals surface area contributed by atoms with E-state index in [0.29, 0.717) is 57.6 Å². The molecule has 2 aromatic heterocycles. The van der Waals surface area contributed by atoms with E-state index in [9.17, 15) is 52.7 Å². The first kappa shape index (κ1) is 64.0. The zero-order valence-electron chi connectivity index (χ0n) is 50.0. The third-order valence-corrected chi connectivity index (χ3v) is 17.2. The molecule has 0 saturated carbocycles. The quantitative estimate of drug-likeness (QED) is 0.0154. The molecule has 6 heterocycles. The molecule has 26 heteroatoms. The Balaban J connectivity index is 0.660. The van der Waals surface area contributed by atoms with Crippen LogP contribution in [-0.2, 0) is 98.5 Å². The fourth-order valence-corrected chi connectivity index (χ4v) is 11.8. The Morgan fingerprint density at radius 1 is 0.807 bits per heavy atom. The Bertz CT molecular complexity index is 3500. The van der Waals surface area contributed by atoms with Crippen molar-refractivity contribution < 1.29 is 71.3 Å². The number of rotatable bonds is 29. The van der Waals surface area contributed by atoms with Crippen molar-refractivity contribution in [3.05, 3.63) is 97.6 Å². The monoisotopic (exact) mass is 1220 g/mol. The average molecular weight is 1220 g/mol. The Morgan fingerprint density at radius 3 is 2.23 bits per heavy atom. The summed E-state index contributed by atoms with van der Waals surface area (Å²) in [5.74, 6) is -5.61. The maximum Gasteiger partial charge on any atom is 0.346 e. The van der Waals surface area contributed by atoms with Crippen molar-refractivity contribution in [1.29, 1.82) is 0 Å². The minimum atomic E-state index is -1.38. The molecule has 470 valence electrons. The number of halogens is 1. The summed E-state index contributed by atoms with van der Waals surface area (Å²) < 4.78 is 39.0. The molecule has 2 aromatic carbocycles. The first-order chi connectivity index (χ1) is 42.1. The molecule has 9 amide bonds. The number of imide groups is 1. The highest BCUT2D eigenvalue weighted by molar-refractivity contribution is 6.04. The van der Waals surface area contributed by atoms with Crippen molar-refractivity contribution in [2.24, 2.45) is 11.3 Å². The largest absolute Gasteiger partial charge is 0.458 e. The average Bonchev–Trinajstić information content (AvgIpc) is 1.52. The van der Waals surface area contributed by atoms with Crippen LogP contribution in [-0.4, -0.2) is 151 Å². The smallest absolute Gasteiger partial charge is 0.346 e. The number of ether oxygens (including phenoxy) is 4. The maximum atomic E-state index is 15.4. The molecule has 1 spiro atoms. The molecule has 4 aliphatic heterocycles. The number of carbonyl (C=O) groups excluding carboxylic acids is 10. The van der Waals surface area contributed by atoms with Gasteiger partial charge in [-0.15, -0.1) is 0 Å². The number of carbonyl (C=O) groups is 10. The summed E-state index contributed by atoms with van der Waals surface area (Å²) in [4.78, 5) is 149. The molecule has 5 atom stereocenters. The van der Waals surface area contributed by atoms with E-state index >= 15 is 4.39 Å². The van der Waals surface area contributed by atoms with E-state index in [0.717, 1.165) is 22.9 Å². The number of nitrogens with one attached hydrogen (secondary N) is 7. The molecular weight excluding hydrogens is 1140 g/mol. The van der Waals surface area contributed by atoms with Gasteiger partial charge in [0.2, 0.25) is 58.8 Å². The number of fused-ring (bicyclic) bond motifs is 6. The number of hydrogen-bond donors (Lipinski definition) is 7. The summed E-state index contributed by atoms with van der Waals surface area (Å²) in [6.45, 7) is 8.70. The zero-order valence-corrected chi connectivity index (χ0v) is 50.0. The topological polar surface area (TPSA) is 333 Å². The second-order valence-corrected chi connectivity index (χ2v) is 23.3. The molecule has 2 unspecified atom stereocenters. The fourth-order valence-electron chi connectivity index (χ4n) is 11.8. The van der Waals surface area contributed by atoms with E-state index in [2.05, 4.69) is 37.2 Å². The first-order valence-corrected chi connectivity index (χ1v) is 29.9. The van der Waals surface area contributed by atoms with Crippen molar-refractivity contribution in [3.8, 4) is 11.4 Å². The lowest BCUT2D eigenvalue weighted by molar-refractivity contribution is -0.154. The second-order valence-electron chi connectivity index (χ2n) is 23.3. The predicted molar refractivity (Wildman–Crippen MR) is 313 cm³/mol. The fraction of sp³-hybridized carbons (Fsp3) is 0.516. The number of benzene rings is 2. The highest BCUT2D eigenvalue weighted by atomic mass is 19.1. The summed E-state index contributed by atoms with van der Waals surface area (Å²) in [6.07, 6.45) is 1.51. The van der Waals surface area contributed by atoms with Gasteiger partial charge in [0.05, 0.1) is 87.0 Å². The maximum absolute atomic E-state index is 15.4. The van der Waals surface area contributed by atoms with Crippen LogP contribution in [0, 0.1) is 24.1 Å². The van der Waals surface area contributed by atoms with E-state index in [1.165, 1.54) is 11.0 Å². The number of aryl methyl sites for hydroxylation is 1. The van der Waals surface area contributed by atoms with Crippen LogP contribution in [0.5, 0.6) is 0 Å². The lowest BCUT2D eigenvalue weighted by Gasteiger charge is -2.30. The minimum Gasteiger partial charge on any atom is -0.458 e. The standard InChI is InChI=1S/C62H75FN10O15/c1-6-61(4,5)41-27-53(80)72(59(41)83)20-16-47(74)65-19-22-86-24-23-85-21-17-48(75)66-29-51(78)67-31-52(79)70-45(25-36-11-8-7-9-12-36)57(81)68-30-50(77)64-18-10-13-49(76)69-43-15-14-37-34(2)42(63)28-44-54(37)55(43)38-32-73-46(56(38)71-44)26-40-39(58(73)82)33-87-60(84)62(40)35(3)88-62/h7-9,11-12,26,28,35,41,43,45H,6,10,13-25,27,29-33H2,1-5H3,(H,64,77)(H,65,74)(H,66,75)(H,67,78)(H,68,81)(H,69,76)(H,70,79)/t35?,41?,43-,45-,62-/m0/s1. The van der Waals surface area contributed by atoms with E-state index in [1.807, 2.05) is 20.8 Å². The Morgan fingerprint density at radius 2 is 1.49 bits per heavy atom. The van der Waals surface area contributed by atoms with Gasteiger partial charge in [0.15, 0.2) is 0 Å². The number of nitrogens with zero attached hydrogens (tertiary/aromatic N) is 3. The zero-order chi connectivity index (χ0) is 63.0. The lowest BCUT2D eigenvalue weighted by Crippen LogP contribution is -2.52. The van der Waals surface area contributed by atoms with Crippen molar-refractivity contribution in [3.63, 3.8) is 0 Å². The summed E-state index contributed by atoms with van der Waals surface area (Å²) in [5.41, 5.74) is 3.39. The number of amides is 9. The molecule has 7 N–H and O–H groups in total. The predicted octanol–water partition coefficient (Wildman–Crippen LogP) is 1.36. The van der Waals surface area contributed by atoms with Crippen LogP contribution >= 0.6 is 0 Å². The highest BCUT2D eigenvalue weighted by Crippen LogP contribution is 2.52. The number of aromatic nitrogens is 2. The molecule has 0 bridgehead atoms. The van der Waals surface area contributed by atoms with Gasteiger partial charge in [-0.25, -0.2) is 14.2 Å². The molecule has 25 nitrogen and oxygen atoms in total. The normalized spacial score (nSPS) is 19.0. The number of cyclic esters (lactones) is 1. The molecule has 2 saturated heterocycles. The molecule has 4 aromatic rings. The second kappa shape index (κ2) is 27.7. The van der Waals surface area contributed by atoms with Crippen LogP contribution in [0.1, 0.15) is 118 Å². The minimum absolute atomic E-state index is 0.0150. The van der Waals surface area contributed by atoms with Crippen LogP contribution < -0.4 is 42.8 Å². The van der Waals surface area contributed by atoms with Gasteiger partial charge >= 0.3 is 5.97 Å². The first-order valence-electron chi connectivity index (χ1n) is 29.9. The van der Waals surface area contributed by atoms with Crippen LogP contribution in [0.15, 0.2) is 47.3 Å². The van der Waals surface area contributed by atoms with Crippen molar-refractivity contribution in [2.45, 2.75) is 129 Å². The summed E-state index contributed by atoms with van der Waals surface area (Å²) in [6, 6.07) is 10.3. The Kier molecular flexibility index (Phi) is 20.1. The van der Waals surface area contributed by atoms with Crippen LogP contribution in [0.25, 0.3) is 22.3 Å². The van der Waals surface area contributed by atoms with E-state index in [4.69, 9.17) is 23.9 Å². The van der Waals surface area contributed by atoms with Crippen LogP contribution in [0.3, 0.4) is 0 Å². The molecular formula is C62H75FN10O15. The summed E-state index contributed by atoms with van der Waals surface area (Å²) in [5, 5.41) is 19.2. The Hall–Kier alpha value is -8.49. The highest BCUT2D eigenvalue weighted by Gasteiger charge is 2.66. The van der Waals surface area contributed by atoms with Gasteiger partial charge in [-0.1, -0.05) is 57.5 Å². The van der Waals surface area contributed by atoms with Gasteiger partial charge in [-0.3, -0.25) is 52.8 Å². The molecule has 2 fully saturated rings. The molecule has 9 rings (SSSR count). The van der Waals surface area contributed by atoms with Gasteiger partial charge in [0, 0.05) is 74.3 Å². The summed E-state index contributed by atoms with van der Waals surface area (Å²) in [7, 11) is 0. The molecule has 5 aliphatic rings. The van der Waals surface area contributed by atoms with Gasteiger partial charge in [-0.05, 0) is 66.8 Å². The lowest BCUT2D eigenvalue weighted by atomic mass is 9.76. The Labute approximate surface area is 506 Å². The third kappa shape index (κ3) is 14.2. The number of esters is 1. The van der Waals surface area contributed by atoms with E-state index in [-0.39, 0.29) is 132 Å². The molecule has 88 heavy (non-hydrogen) atoms. The van der Waals surface area contributed by atoms with Gasteiger partial charge in [0.25, 0.3) is 5.56 Å². The molecule has 1 aliphatic carbocycles. The van der Waals surface area contributed by atoms with Gasteiger partial charge < -0.3 is 60.7 Å². The van der Waals surface area contributed by atoms with E-state index in [1.54, 1.807) is 54.8 Å². The number of hydrogen-bond acceptors (Lipinski definition) is 16. The number of pyridine rings is 2. The van der Waals surface area contributed by atoms with Crippen LogP contribution in [0.4, 0.5) is 4.39 Å². The van der Waals surface area contributed by atoms with Gasteiger partial charge in [0.1, 0.15) is 24.6 Å². The number of epoxide rings is 1. The molecule has 0 radical (unpaired) electrons. The summed E-state index contributed by atoms with van der Waals surface area (Å²) >= 11 is 0. The van der Waals surface area contributed by atoms with Gasteiger partial charge in [-0.2, -0.15) is 0 Å². The number of likely N-dealkylation sites (tertiary alicyclic amines) is 1. The SMILES string of the molecule is CCC(C)(C)C1CC(=O)N(CCC(=O)NCCOCCOCCC(=O)NCC(=O)NCC(=O)N[C@@H](Cc2ccccc2)C(=O)NCC(=O)NCCCC(=O)N[C@H]2CCc3c(C)c(F)cc4nc5c(c2c34)Cn2c-5cc3c(c2=O)COC(=O)[C@@]32OC2C)C1=O. The van der Waals surface area contributed by atoms with Crippen molar-refractivity contribution >= 4 is 70.0 Å². The van der Waals surface area contributed by atoms with E-state index < -0.39 is 90.7 Å². The van der Waals surface area contributed by atoms with Crippen LogP contribution in [0.2, 0.25) is 0 Å².